The Hall–Kier alpha value is -3.32. The normalized spacial score (nSPS) is 15.2. The van der Waals surface area contributed by atoms with E-state index >= 15 is 0 Å². The van der Waals surface area contributed by atoms with Crippen molar-refractivity contribution in [1.82, 2.24) is 9.47 Å². The Kier molecular flexibility index (Phi) is 6.19. The lowest BCUT2D eigenvalue weighted by molar-refractivity contribution is -0.127. The van der Waals surface area contributed by atoms with Crippen LogP contribution >= 0.6 is 11.8 Å². The van der Waals surface area contributed by atoms with Gasteiger partial charge in [-0.1, -0.05) is 37.3 Å². The van der Waals surface area contributed by atoms with Crippen molar-refractivity contribution in [2.24, 2.45) is 0 Å². The quantitative estimate of drug-likeness (QED) is 0.518. The smallest absolute Gasteiger partial charge is 0.294 e. The molecule has 0 aliphatic carbocycles. The first-order chi connectivity index (χ1) is 15.4. The van der Waals surface area contributed by atoms with Gasteiger partial charge in [-0.05, 0) is 61.4 Å². The van der Waals surface area contributed by atoms with Crippen molar-refractivity contribution in [3.05, 3.63) is 70.3 Å². The average molecular weight is 448 g/mol. The number of carbonyl (C=O) groups excluding carboxylic acids is 3. The predicted octanol–water partition coefficient (Wildman–Crippen LogP) is 5.34. The molecule has 164 valence electrons. The third kappa shape index (κ3) is 4.21. The molecule has 0 unspecified atom stereocenters. The van der Waals surface area contributed by atoms with Gasteiger partial charge in [0.25, 0.3) is 11.1 Å². The van der Waals surface area contributed by atoms with Crippen molar-refractivity contribution in [2.45, 2.75) is 33.7 Å². The highest BCUT2D eigenvalue weighted by molar-refractivity contribution is 8.18. The number of rotatable bonds is 6. The minimum absolute atomic E-state index is 0.313. The van der Waals surface area contributed by atoms with Gasteiger partial charge in [-0.15, -0.1) is 0 Å². The number of hydrogen-bond donors (Lipinski definition) is 1. The molecule has 0 bridgehead atoms. The fourth-order valence-electron chi connectivity index (χ4n) is 3.81. The first kappa shape index (κ1) is 21.9. The largest absolute Gasteiger partial charge is 0.347 e. The summed E-state index contributed by atoms with van der Waals surface area (Å²) in [5, 5.41) is 3.40. The number of fused-ring (bicyclic) bond motifs is 1. The number of aryl methyl sites for hydroxylation is 2. The van der Waals surface area contributed by atoms with E-state index in [4.69, 9.17) is 0 Å². The van der Waals surface area contributed by atoms with Crippen LogP contribution < -0.4 is 5.32 Å². The zero-order chi connectivity index (χ0) is 22.8. The third-order valence-corrected chi connectivity index (χ3v) is 6.53. The lowest BCUT2D eigenvalue weighted by Gasteiger charge is -2.14. The highest BCUT2D eigenvalue weighted by atomic mass is 32.2. The first-order valence-corrected chi connectivity index (χ1v) is 11.4. The number of nitrogens with zero attached hydrogens (tertiary/aromatic N) is 2. The minimum Gasteiger partial charge on any atom is -0.347 e. The number of amides is 3. The number of anilines is 1. The van der Waals surface area contributed by atoms with Crippen molar-refractivity contribution in [3.8, 4) is 0 Å². The van der Waals surface area contributed by atoms with Gasteiger partial charge in [0.05, 0.1) is 4.91 Å². The van der Waals surface area contributed by atoms with Crippen LogP contribution in [0.4, 0.5) is 10.5 Å². The Morgan fingerprint density at radius 2 is 1.88 bits per heavy atom. The van der Waals surface area contributed by atoms with Crippen molar-refractivity contribution < 1.29 is 14.4 Å². The summed E-state index contributed by atoms with van der Waals surface area (Å²) in [5.74, 6) is -0.842. The van der Waals surface area contributed by atoms with Crippen LogP contribution in [0.15, 0.2) is 53.6 Å². The fourth-order valence-corrected chi connectivity index (χ4v) is 4.64. The summed E-state index contributed by atoms with van der Waals surface area (Å²) >= 11 is 0.871. The molecule has 1 N–H and O–H groups in total. The molecular weight excluding hydrogens is 422 g/mol. The zero-order valence-electron chi connectivity index (χ0n) is 18.3. The monoisotopic (exact) mass is 447 g/mol. The summed E-state index contributed by atoms with van der Waals surface area (Å²) < 4.78 is 2.16. The van der Waals surface area contributed by atoms with Crippen LogP contribution in [0.2, 0.25) is 0 Å². The third-order valence-electron chi connectivity index (χ3n) is 5.62. The van der Waals surface area contributed by atoms with E-state index in [9.17, 15) is 14.4 Å². The zero-order valence-corrected chi connectivity index (χ0v) is 19.2. The molecule has 0 spiro atoms. The number of imide groups is 1. The predicted molar refractivity (Wildman–Crippen MR) is 129 cm³/mol. The van der Waals surface area contributed by atoms with Crippen LogP contribution in [0.25, 0.3) is 17.0 Å². The van der Waals surface area contributed by atoms with Gasteiger partial charge in [0.2, 0.25) is 5.91 Å². The molecule has 3 aromatic rings. The molecule has 3 amide bonds. The van der Waals surface area contributed by atoms with E-state index < -0.39 is 17.1 Å². The van der Waals surface area contributed by atoms with Crippen LogP contribution in [0.3, 0.4) is 0 Å². The number of nitrogens with one attached hydrogen (secondary N) is 1. The molecule has 2 aromatic carbocycles. The second-order valence-corrected chi connectivity index (χ2v) is 8.85. The van der Waals surface area contributed by atoms with Gasteiger partial charge >= 0.3 is 0 Å². The van der Waals surface area contributed by atoms with Crippen molar-refractivity contribution >= 4 is 51.5 Å². The van der Waals surface area contributed by atoms with Crippen LogP contribution in [0.5, 0.6) is 0 Å². The Morgan fingerprint density at radius 3 is 2.66 bits per heavy atom. The molecule has 0 radical (unpaired) electrons. The molecule has 1 aliphatic rings. The molecule has 6 nitrogen and oxygen atoms in total. The van der Waals surface area contributed by atoms with E-state index in [1.165, 1.54) is 0 Å². The van der Waals surface area contributed by atoms with Gasteiger partial charge in [-0.2, -0.15) is 0 Å². The van der Waals surface area contributed by atoms with Crippen molar-refractivity contribution in [3.63, 3.8) is 0 Å². The molecule has 4 rings (SSSR count). The molecule has 2 heterocycles. The average Bonchev–Trinajstić information content (AvgIpc) is 3.24. The van der Waals surface area contributed by atoms with E-state index in [0.717, 1.165) is 57.2 Å². The molecule has 1 aromatic heterocycles. The highest BCUT2D eigenvalue weighted by Crippen LogP contribution is 2.34. The van der Waals surface area contributed by atoms with E-state index in [0.29, 0.717) is 10.6 Å². The minimum atomic E-state index is -0.441. The summed E-state index contributed by atoms with van der Waals surface area (Å²) in [6.45, 7) is 6.55. The summed E-state index contributed by atoms with van der Waals surface area (Å²) in [6, 6.07) is 13.6. The summed E-state index contributed by atoms with van der Waals surface area (Å²) in [5.41, 5.74) is 4.67. The number of para-hydroxylation sites is 1. The maximum atomic E-state index is 12.9. The van der Waals surface area contributed by atoms with Crippen molar-refractivity contribution in [2.75, 3.05) is 11.9 Å². The fraction of sp³-hybridized carbons (Fsp3) is 0.240. The second-order valence-electron chi connectivity index (χ2n) is 7.86. The van der Waals surface area contributed by atoms with Gasteiger partial charge in [0, 0.05) is 34.9 Å². The van der Waals surface area contributed by atoms with E-state index in [2.05, 4.69) is 16.8 Å². The number of benzene rings is 2. The van der Waals surface area contributed by atoms with Crippen LogP contribution in [0.1, 0.15) is 30.0 Å². The summed E-state index contributed by atoms with van der Waals surface area (Å²) in [4.78, 5) is 39.3. The van der Waals surface area contributed by atoms with Gasteiger partial charge in [-0.25, -0.2) is 0 Å². The number of carbonyl (C=O) groups is 3. The molecule has 1 saturated heterocycles. The maximum absolute atomic E-state index is 12.9. The summed E-state index contributed by atoms with van der Waals surface area (Å²) in [7, 11) is 0. The topological polar surface area (TPSA) is 71.4 Å². The van der Waals surface area contributed by atoms with E-state index in [1.54, 1.807) is 12.1 Å². The highest BCUT2D eigenvalue weighted by Gasteiger charge is 2.36. The van der Waals surface area contributed by atoms with Crippen LogP contribution in [0, 0.1) is 13.8 Å². The molecule has 0 saturated carbocycles. The Morgan fingerprint density at radius 1 is 1.09 bits per heavy atom. The molecular formula is C25H25N3O3S. The lowest BCUT2D eigenvalue weighted by Crippen LogP contribution is -2.36. The Balaban J connectivity index is 1.54. The van der Waals surface area contributed by atoms with E-state index in [-0.39, 0.29) is 6.54 Å². The summed E-state index contributed by atoms with van der Waals surface area (Å²) in [6.07, 6.45) is 4.75. The number of thioether (sulfide) groups is 1. The maximum Gasteiger partial charge on any atom is 0.294 e. The van der Waals surface area contributed by atoms with Crippen LogP contribution in [-0.4, -0.2) is 33.1 Å². The molecule has 1 fully saturated rings. The number of hydrogen-bond acceptors (Lipinski definition) is 4. The second kappa shape index (κ2) is 9.04. The Bertz CT molecular complexity index is 1260. The molecule has 0 atom stereocenters. The lowest BCUT2D eigenvalue weighted by atomic mass is 10.1. The van der Waals surface area contributed by atoms with E-state index in [1.807, 2.05) is 56.4 Å². The molecule has 7 heteroatoms. The van der Waals surface area contributed by atoms with Gasteiger partial charge < -0.3 is 9.88 Å². The van der Waals surface area contributed by atoms with Gasteiger partial charge in [0.1, 0.15) is 6.54 Å². The molecule has 32 heavy (non-hydrogen) atoms. The van der Waals surface area contributed by atoms with Gasteiger partial charge in [-0.3, -0.25) is 19.3 Å². The first-order valence-electron chi connectivity index (χ1n) is 10.6. The molecule has 1 aliphatic heterocycles. The SMILES string of the molecule is CCCn1cc(/C=C2\SC(=O)N(CC(=O)Nc3cccc(C)c3C)C2=O)c2ccccc21. The standard InChI is InChI=1S/C25H25N3O3S/c1-4-12-27-14-18(19-9-5-6-11-21(19)27)13-22-24(30)28(25(31)32-22)15-23(29)26-20-10-7-8-16(2)17(20)3/h5-11,13-14H,4,12,15H2,1-3H3,(H,26,29)/b22-13-. The van der Waals surface area contributed by atoms with Crippen LogP contribution in [-0.2, 0) is 16.1 Å². The Labute approximate surface area is 191 Å². The van der Waals surface area contributed by atoms with Gasteiger partial charge in [0.15, 0.2) is 0 Å². The van der Waals surface area contributed by atoms with Crippen molar-refractivity contribution in [1.29, 1.82) is 0 Å². The number of aromatic nitrogens is 1.